The fraction of sp³-hybridized carbons (Fsp3) is 0.500. The van der Waals surface area contributed by atoms with Gasteiger partial charge >= 0.3 is 5.82 Å². The SMILES string of the molecule is CCn1c(S)c[n+](C)c1C(C)=O.[Br-]. The van der Waals surface area contributed by atoms with Gasteiger partial charge in [-0.15, -0.1) is 0 Å². The van der Waals surface area contributed by atoms with E-state index in [-0.39, 0.29) is 22.8 Å². The number of rotatable bonds is 2. The Hall–Kier alpha value is -0.290. The molecule has 1 aromatic rings. The lowest BCUT2D eigenvalue weighted by Gasteiger charge is -1.95. The minimum atomic E-state index is 0. The maximum atomic E-state index is 11.2. The zero-order valence-electron chi connectivity index (χ0n) is 7.91. The Morgan fingerprint density at radius 1 is 1.69 bits per heavy atom. The molecular weight excluding hydrogens is 252 g/mol. The van der Waals surface area contributed by atoms with Crippen molar-refractivity contribution in [2.24, 2.45) is 7.05 Å². The average Bonchev–Trinajstić information content (AvgIpc) is 2.24. The van der Waals surface area contributed by atoms with Crippen molar-refractivity contribution in [1.82, 2.24) is 4.57 Å². The summed E-state index contributed by atoms with van der Waals surface area (Å²) in [6.07, 6.45) is 1.84. The van der Waals surface area contributed by atoms with E-state index >= 15 is 0 Å². The molecule has 0 saturated heterocycles. The van der Waals surface area contributed by atoms with Crippen molar-refractivity contribution in [3.63, 3.8) is 0 Å². The smallest absolute Gasteiger partial charge is 0.325 e. The number of nitrogens with zero attached hydrogens (tertiary/aromatic N) is 2. The van der Waals surface area contributed by atoms with E-state index in [0.29, 0.717) is 5.82 Å². The quantitative estimate of drug-likeness (QED) is 0.367. The third-order valence-electron chi connectivity index (χ3n) is 1.81. The molecule has 0 bridgehead atoms. The third-order valence-corrected chi connectivity index (χ3v) is 2.16. The number of hydrogen-bond donors (Lipinski definition) is 1. The van der Waals surface area contributed by atoms with Crippen LogP contribution in [0.15, 0.2) is 11.2 Å². The molecule has 1 aromatic heterocycles. The first-order chi connectivity index (χ1) is 5.57. The van der Waals surface area contributed by atoms with E-state index in [1.165, 1.54) is 0 Å². The van der Waals surface area contributed by atoms with Gasteiger partial charge in [-0.2, -0.15) is 0 Å². The van der Waals surface area contributed by atoms with E-state index in [2.05, 4.69) is 12.6 Å². The van der Waals surface area contributed by atoms with E-state index < -0.39 is 0 Å². The Bertz CT molecular complexity index is 322. The lowest BCUT2D eigenvalue weighted by atomic mass is 10.4. The molecule has 0 radical (unpaired) electrons. The van der Waals surface area contributed by atoms with E-state index in [0.717, 1.165) is 11.6 Å². The maximum absolute atomic E-state index is 11.2. The lowest BCUT2D eigenvalue weighted by molar-refractivity contribution is -0.673. The third kappa shape index (κ3) is 2.34. The van der Waals surface area contributed by atoms with Gasteiger partial charge in [0.2, 0.25) is 5.78 Å². The number of hydrogen-bond acceptors (Lipinski definition) is 2. The van der Waals surface area contributed by atoms with Crippen LogP contribution in [-0.2, 0) is 13.6 Å². The number of ketones is 1. The van der Waals surface area contributed by atoms with Crippen LogP contribution in [0, 0.1) is 0 Å². The fourth-order valence-corrected chi connectivity index (χ4v) is 1.76. The Morgan fingerprint density at radius 2 is 2.23 bits per heavy atom. The molecule has 0 saturated carbocycles. The molecule has 74 valence electrons. The molecule has 13 heavy (non-hydrogen) atoms. The zero-order chi connectivity index (χ0) is 9.30. The van der Waals surface area contributed by atoms with Crippen molar-refractivity contribution < 1.29 is 26.3 Å². The summed E-state index contributed by atoms with van der Waals surface area (Å²) in [6.45, 7) is 4.33. The second-order valence-electron chi connectivity index (χ2n) is 2.72. The Kier molecular flexibility index (Phi) is 4.70. The highest BCUT2D eigenvalue weighted by molar-refractivity contribution is 7.80. The van der Waals surface area contributed by atoms with Gasteiger partial charge in [0.05, 0.1) is 13.6 Å². The summed E-state index contributed by atoms with van der Waals surface area (Å²) >= 11 is 4.25. The molecule has 1 heterocycles. The fourth-order valence-electron chi connectivity index (χ4n) is 1.35. The van der Waals surface area contributed by atoms with E-state index in [1.807, 2.05) is 24.7 Å². The number of Topliss-reactive ketones (excluding diaryl/α,β-unsaturated/α-hetero) is 1. The van der Waals surface area contributed by atoms with Gasteiger partial charge in [-0.1, -0.05) is 12.6 Å². The molecule has 0 aromatic carbocycles. The Morgan fingerprint density at radius 3 is 2.54 bits per heavy atom. The monoisotopic (exact) mass is 264 g/mol. The second-order valence-corrected chi connectivity index (χ2v) is 3.18. The van der Waals surface area contributed by atoms with Gasteiger partial charge in [-0.3, -0.25) is 4.79 Å². The normalized spacial score (nSPS) is 9.54. The summed E-state index contributed by atoms with van der Waals surface area (Å²) < 4.78 is 3.68. The summed E-state index contributed by atoms with van der Waals surface area (Å²) in [5.41, 5.74) is 0. The highest BCUT2D eigenvalue weighted by atomic mass is 79.9. The maximum Gasteiger partial charge on any atom is 0.325 e. The zero-order valence-corrected chi connectivity index (χ0v) is 10.4. The number of thiol groups is 1. The van der Waals surface area contributed by atoms with Gasteiger partial charge < -0.3 is 17.0 Å². The van der Waals surface area contributed by atoms with Crippen molar-refractivity contribution in [2.75, 3.05) is 0 Å². The molecule has 0 N–H and O–H groups in total. The molecule has 3 nitrogen and oxygen atoms in total. The molecule has 0 aliphatic carbocycles. The largest absolute Gasteiger partial charge is 1.00 e. The number of imidazole rings is 1. The van der Waals surface area contributed by atoms with E-state index in [1.54, 1.807) is 11.5 Å². The first-order valence-corrected chi connectivity index (χ1v) is 4.31. The molecule has 0 fully saturated rings. The van der Waals surface area contributed by atoms with E-state index in [9.17, 15) is 4.79 Å². The van der Waals surface area contributed by atoms with Gasteiger partial charge in [0.25, 0.3) is 0 Å². The number of halogens is 1. The Balaban J connectivity index is 0.00000144. The number of carbonyl (C=O) groups is 1. The highest BCUT2D eigenvalue weighted by Crippen LogP contribution is 2.07. The van der Waals surface area contributed by atoms with Gasteiger partial charge in [0, 0.05) is 6.92 Å². The Labute approximate surface area is 93.9 Å². The van der Waals surface area contributed by atoms with Crippen LogP contribution >= 0.6 is 12.6 Å². The molecule has 0 atom stereocenters. The molecule has 0 spiro atoms. The molecule has 0 amide bonds. The number of aryl methyl sites for hydroxylation is 1. The van der Waals surface area contributed by atoms with Crippen molar-refractivity contribution in [3.8, 4) is 0 Å². The van der Waals surface area contributed by atoms with Gasteiger partial charge in [-0.05, 0) is 6.92 Å². The van der Waals surface area contributed by atoms with E-state index in [4.69, 9.17) is 0 Å². The molecule has 0 aliphatic rings. The molecular formula is C8H13BrN2OS. The minimum absolute atomic E-state index is 0. The van der Waals surface area contributed by atoms with Crippen LogP contribution in [0.3, 0.4) is 0 Å². The summed E-state index contributed by atoms with van der Waals surface area (Å²) in [5, 5.41) is 0.824. The van der Waals surface area contributed by atoms with Crippen LogP contribution in [0.4, 0.5) is 0 Å². The molecule has 5 heteroatoms. The van der Waals surface area contributed by atoms with Crippen LogP contribution in [-0.4, -0.2) is 10.4 Å². The minimum Gasteiger partial charge on any atom is -1.00 e. The first-order valence-electron chi connectivity index (χ1n) is 3.87. The van der Waals surface area contributed by atoms with Crippen molar-refractivity contribution >= 4 is 18.4 Å². The lowest BCUT2D eigenvalue weighted by Crippen LogP contribution is -3.00. The van der Waals surface area contributed by atoms with Gasteiger partial charge in [-0.25, -0.2) is 9.13 Å². The highest BCUT2D eigenvalue weighted by Gasteiger charge is 2.21. The molecule has 0 aliphatic heterocycles. The summed E-state index contributed by atoms with van der Waals surface area (Å²) in [5.74, 6) is 0.766. The van der Waals surface area contributed by atoms with Crippen LogP contribution < -0.4 is 21.5 Å². The van der Waals surface area contributed by atoms with Gasteiger partial charge in [0.1, 0.15) is 6.20 Å². The van der Waals surface area contributed by atoms with Crippen LogP contribution in [0.1, 0.15) is 24.5 Å². The predicted molar refractivity (Wildman–Crippen MR) is 48.5 cm³/mol. The van der Waals surface area contributed by atoms with Crippen LogP contribution in [0.5, 0.6) is 0 Å². The van der Waals surface area contributed by atoms with Crippen molar-refractivity contribution in [3.05, 3.63) is 12.0 Å². The molecule has 0 unspecified atom stereocenters. The van der Waals surface area contributed by atoms with Gasteiger partial charge in [0.15, 0.2) is 5.03 Å². The predicted octanol–water partition coefficient (Wildman–Crippen LogP) is -2.17. The number of carbonyl (C=O) groups excluding carboxylic acids is 1. The standard InChI is InChI=1S/C8H12N2OS.BrH/c1-4-10-7(12)5-9(3)8(10)6(2)11;/h5H,4H2,1-3H3;1H. The first kappa shape index (κ1) is 12.7. The summed E-state index contributed by atoms with van der Waals surface area (Å²) in [6, 6.07) is 0. The summed E-state index contributed by atoms with van der Waals surface area (Å²) in [7, 11) is 1.85. The average molecular weight is 265 g/mol. The molecule has 1 rings (SSSR count). The van der Waals surface area contributed by atoms with Crippen molar-refractivity contribution in [1.29, 1.82) is 0 Å². The van der Waals surface area contributed by atoms with Crippen LogP contribution in [0.25, 0.3) is 0 Å². The topological polar surface area (TPSA) is 25.9 Å². The van der Waals surface area contributed by atoms with Crippen molar-refractivity contribution in [2.45, 2.75) is 25.4 Å². The summed E-state index contributed by atoms with van der Waals surface area (Å²) in [4.78, 5) is 11.2. The van der Waals surface area contributed by atoms with Crippen LogP contribution in [0.2, 0.25) is 0 Å². The number of aromatic nitrogens is 2. The second kappa shape index (κ2) is 4.81.